The first-order chi connectivity index (χ1) is 7.66. The van der Waals surface area contributed by atoms with Crippen molar-refractivity contribution in [3.63, 3.8) is 0 Å². The summed E-state index contributed by atoms with van der Waals surface area (Å²) in [5.41, 5.74) is 6.30. The van der Waals surface area contributed by atoms with Crippen LogP contribution in [-0.2, 0) is 4.74 Å². The van der Waals surface area contributed by atoms with Gasteiger partial charge in [0, 0.05) is 18.7 Å². The van der Waals surface area contributed by atoms with Crippen molar-refractivity contribution in [3.05, 3.63) is 0 Å². The molecule has 16 heavy (non-hydrogen) atoms. The van der Waals surface area contributed by atoms with Gasteiger partial charge in [-0.15, -0.1) is 0 Å². The molecular weight excluding hydrogens is 200 g/mol. The predicted octanol–water partition coefficient (Wildman–Crippen LogP) is 1.61. The van der Waals surface area contributed by atoms with Gasteiger partial charge in [-0.05, 0) is 51.6 Å². The van der Waals surface area contributed by atoms with Crippen LogP contribution in [0.2, 0.25) is 0 Å². The number of ether oxygens (including phenoxy) is 1. The Hall–Kier alpha value is -0.120. The lowest BCUT2D eigenvalue weighted by Gasteiger charge is -2.49. The van der Waals surface area contributed by atoms with Gasteiger partial charge < -0.3 is 10.5 Å². The average Bonchev–Trinajstić information content (AvgIpc) is 2.29. The minimum absolute atomic E-state index is 0.234. The van der Waals surface area contributed by atoms with Gasteiger partial charge in [-0.1, -0.05) is 6.92 Å². The largest absolute Gasteiger partial charge is 0.378 e. The Morgan fingerprint density at radius 1 is 1.31 bits per heavy atom. The summed E-state index contributed by atoms with van der Waals surface area (Å²) in [6.45, 7) is 8.66. The molecule has 0 spiro atoms. The van der Waals surface area contributed by atoms with Crippen LogP contribution >= 0.6 is 0 Å². The monoisotopic (exact) mass is 226 g/mol. The van der Waals surface area contributed by atoms with Crippen LogP contribution in [0.1, 0.15) is 39.5 Å². The molecule has 3 heteroatoms. The van der Waals surface area contributed by atoms with E-state index in [0.717, 1.165) is 31.9 Å². The Bertz CT molecular complexity index is 226. The summed E-state index contributed by atoms with van der Waals surface area (Å²) in [4.78, 5) is 2.64. The number of hydrogen-bond acceptors (Lipinski definition) is 3. The first-order valence-corrected chi connectivity index (χ1v) is 6.73. The van der Waals surface area contributed by atoms with E-state index in [1.54, 1.807) is 0 Å². The highest BCUT2D eigenvalue weighted by molar-refractivity contribution is 4.96. The lowest BCUT2D eigenvalue weighted by molar-refractivity contribution is -0.0716. The highest BCUT2D eigenvalue weighted by atomic mass is 16.5. The second kappa shape index (κ2) is 5.03. The SMILES string of the molecule is CC1CCN(C2(CN)CCOC(C)C2)CC1. The third kappa shape index (κ3) is 2.41. The van der Waals surface area contributed by atoms with Gasteiger partial charge >= 0.3 is 0 Å². The molecule has 0 aromatic heterocycles. The zero-order valence-corrected chi connectivity index (χ0v) is 10.7. The molecule has 0 saturated carbocycles. The first kappa shape index (κ1) is 12.3. The van der Waals surface area contributed by atoms with Gasteiger partial charge in [-0.2, -0.15) is 0 Å². The highest BCUT2D eigenvalue weighted by Crippen LogP contribution is 2.33. The van der Waals surface area contributed by atoms with E-state index in [0.29, 0.717) is 6.10 Å². The van der Waals surface area contributed by atoms with Crippen molar-refractivity contribution in [1.82, 2.24) is 4.90 Å². The topological polar surface area (TPSA) is 38.5 Å². The van der Waals surface area contributed by atoms with Gasteiger partial charge in [0.05, 0.1) is 6.10 Å². The van der Waals surface area contributed by atoms with E-state index in [9.17, 15) is 0 Å². The molecule has 94 valence electrons. The quantitative estimate of drug-likeness (QED) is 0.777. The van der Waals surface area contributed by atoms with Crippen molar-refractivity contribution in [1.29, 1.82) is 0 Å². The molecule has 0 aromatic carbocycles. The molecule has 0 bridgehead atoms. The zero-order valence-electron chi connectivity index (χ0n) is 10.7. The normalized spacial score (nSPS) is 38.8. The van der Waals surface area contributed by atoms with Crippen LogP contribution in [0, 0.1) is 5.92 Å². The molecule has 2 N–H and O–H groups in total. The number of rotatable bonds is 2. The molecule has 0 radical (unpaired) electrons. The molecule has 2 aliphatic heterocycles. The van der Waals surface area contributed by atoms with Crippen molar-refractivity contribution in [2.45, 2.75) is 51.2 Å². The minimum Gasteiger partial charge on any atom is -0.378 e. The fraction of sp³-hybridized carbons (Fsp3) is 1.00. The number of piperidine rings is 1. The molecule has 2 rings (SSSR count). The van der Waals surface area contributed by atoms with Gasteiger partial charge in [0.15, 0.2) is 0 Å². The molecule has 3 nitrogen and oxygen atoms in total. The smallest absolute Gasteiger partial charge is 0.0565 e. The maximum atomic E-state index is 6.07. The van der Waals surface area contributed by atoms with Crippen LogP contribution in [0.15, 0.2) is 0 Å². The van der Waals surface area contributed by atoms with E-state index in [-0.39, 0.29) is 5.54 Å². The molecule has 2 saturated heterocycles. The van der Waals surface area contributed by atoms with Gasteiger partial charge in [0.1, 0.15) is 0 Å². The highest BCUT2D eigenvalue weighted by Gasteiger charge is 2.40. The van der Waals surface area contributed by atoms with Gasteiger partial charge in [0.2, 0.25) is 0 Å². The molecule has 2 fully saturated rings. The Morgan fingerprint density at radius 3 is 2.56 bits per heavy atom. The van der Waals surface area contributed by atoms with E-state index in [1.807, 2.05) is 0 Å². The summed E-state index contributed by atoms with van der Waals surface area (Å²) in [6, 6.07) is 0. The van der Waals surface area contributed by atoms with E-state index in [4.69, 9.17) is 10.5 Å². The Labute approximate surface area is 99.3 Å². The van der Waals surface area contributed by atoms with Crippen molar-refractivity contribution >= 4 is 0 Å². The Balaban J connectivity index is 2.02. The van der Waals surface area contributed by atoms with E-state index in [1.165, 1.54) is 25.9 Å². The molecule has 0 amide bonds. The van der Waals surface area contributed by atoms with Crippen molar-refractivity contribution in [2.75, 3.05) is 26.2 Å². The lowest BCUT2D eigenvalue weighted by Crippen LogP contribution is -2.59. The van der Waals surface area contributed by atoms with E-state index in [2.05, 4.69) is 18.7 Å². The van der Waals surface area contributed by atoms with Crippen molar-refractivity contribution < 1.29 is 4.74 Å². The minimum atomic E-state index is 0.234. The fourth-order valence-electron chi connectivity index (χ4n) is 3.23. The third-order valence-corrected chi connectivity index (χ3v) is 4.47. The molecule has 2 heterocycles. The van der Waals surface area contributed by atoms with Crippen molar-refractivity contribution in [3.8, 4) is 0 Å². The van der Waals surface area contributed by atoms with Crippen LogP contribution in [0.25, 0.3) is 0 Å². The summed E-state index contributed by atoms with van der Waals surface area (Å²) in [5, 5.41) is 0. The summed E-state index contributed by atoms with van der Waals surface area (Å²) < 4.78 is 5.66. The number of likely N-dealkylation sites (tertiary alicyclic amines) is 1. The van der Waals surface area contributed by atoms with Crippen LogP contribution in [0.4, 0.5) is 0 Å². The second-order valence-electron chi connectivity index (χ2n) is 5.73. The van der Waals surface area contributed by atoms with Crippen LogP contribution in [0.5, 0.6) is 0 Å². The number of nitrogens with zero attached hydrogens (tertiary/aromatic N) is 1. The first-order valence-electron chi connectivity index (χ1n) is 6.73. The molecule has 2 aliphatic rings. The summed E-state index contributed by atoms with van der Waals surface area (Å²) in [6.07, 6.45) is 5.25. The standard InChI is InChI=1S/C13H26N2O/c1-11-3-6-15(7-4-11)13(10-14)5-8-16-12(2)9-13/h11-12H,3-10,14H2,1-2H3. The fourth-order valence-corrected chi connectivity index (χ4v) is 3.23. The van der Waals surface area contributed by atoms with Crippen LogP contribution in [-0.4, -0.2) is 42.8 Å². The van der Waals surface area contributed by atoms with E-state index < -0.39 is 0 Å². The molecular formula is C13H26N2O. The average molecular weight is 226 g/mol. The zero-order chi connectivity index (χ0) is 11.6. The van der Waals surface area contributed by atoms with E-state index >= 15 is 0 Å². The van der Waals surface area contributed by atoms with Gasteiger partial charge in [-0.25, -0.2) is 0 Å². The number of nitrogens with two attached hydrogens (primary N) is 1. The van der Waals surface area contributed by atoms with Gasteiger partial charge in [0.25, 0.3) is 0 Å². The molecule has 0 aliphatic carbocycles. The predicted molar refractivity (Wildman–Crippen MR) is 66.4 cm³/mol. The Morgan fingerprint density at radius 2 is 2.00 bits per heavy atom. The molecule has 2 atom stereocenters. The van der Waals surface area contributed by atoms with Gasteiger partial charge in [-0.3, -0.25) is 4.90 Å². The molecule has 2 unspecified atom stereocenters. The second-order valence-corrected chi connectivity index (χ2v) is 5.73. The van der Waals surface area contributed by atoms with Crippen LogP contribution < -0.4 is 5.73 Å². The maximum Gasteiger partial charge on any atom is 0.0565 e. The number of hydrogen-bond donors (Lipinski definition) is 1. The van der Waals surface area contributed by atoms with Crippen LogP contribution in [0.3, 0.4) is 0 Å². The van der Waals surface area contributed by atoms with Crippen molar-refractivity contribution in [2.24, 2.45) is 11.7 Å². The summed E-state index contributed by atoms with van der Waals surface area (Å²) >= 11 is 0. The Kier molecular flexibility index (Phi) is 3.88. The summed E-state index contributed by atoms with van der Waals surface area (Å²) in [5.74, 6) is 0.892. The lowest BCUT2D eigenvalue weighted by atomic mass is 9.83. The summed E-state index contributed by atoms with van der Waals surface area (Å²) in [7, 11) is 0. The third-order valence-electron chi connectivity index (χ3n) is 4.47. The maximum absolute atomic E-state index is 6.07. The molecule has 0 aromatic rings.